The minimum absolute atomic E-state index is 0.246. The van der Waals surface area contributed by atoms with Gasteiger partial charge in [-0.1, -0.05) is 0 Å². The number of alkyl halides is 3. The van der Waals surface area contributed by atoms with Crippen molar-refractivity contribution in [3.63, 3.8) is 0 Å². The van der Waals surface area contributed by atoms with Crippen molar-refractivity contribution in [1.29, 1.82) is 0 Å². The number of aromatic nitrogens is 4. The molecule has 0 fully saturated rings. The van der Waals surface area contributed by atoms with Crippen LogP contribution in [0.3, 0.4) is 0 Å². The molecule has 2 heterocycles. The zero-order valence-electron chi connectivity index (χ0n) is 12.2. The molecular formula is C13H16F3N5O. The van der Waals surface area contributed by atoms with Crippen molar-refractivity contribution >= 4 is 5.91 Å². The van der Waals surface area contributed by atoms with E-state index in [4.69, 9.17) is 0 Å². The maximum absolute atomic E-state index is 12.6. The molecule has 0 unspecified atom stereocenters. The Balaban J connectivity index is 1.85. The van der Waals surface area contributed by atoms with E-state index in [0.717, 1.165) is 18.8 Å². The van der Waals surface area contributed by atoms with Crippen molar-refractivity contribution in [2.24, 2.45) is 7.05 Å². The van der Waals surface area contributed by atoms with Gasteiger partial charge >= 0.3 is 6.18 Å². The number of rotatable bonds is 5. The van der Waals surface area contributed by atoms with Gasteiger partial charge in [0.15, 0.2) is 5.69 Å². The molecular weight excluding hydrogens is 299 g/mol. The molecule has 0 saturated carbocycles. The molecule has 0 aliphatic carbocycles. The van der Waals surface area contributed by atoms with E-state index in [2.05, 4.69) is 15.5 Å². The Kier molecular flexibility index (Phi) is 4.53. The summed E-state index contributed by atoms with van der Waals surface area (Å²) >= 11 is 0. The minimum atomic E-state index is -4.53. The van der Waals surface area contributed by atoms with E-state index in [0.29, 0.717) is 24.2 Å². The zero-order valence-corrected chi connectivity index (χ0v) is 12.2. The number of halogens is 3. The second kappa shape index (κ2) is 6.20. The molecule has 6 nitrogen and oxygen atoms in total. The predicted molar refractivity (Wildman–Crippen MR) is 72.1 cm³/mol. The SMILES string of the molecule is Cc1ccn(CCCNC(=O)c2cc(C(F)(F)F)n(C)n2)n1. The van der Waals surface area contributed by atoms with Crippen molar-refractivity contribution in [2.45, 2.75) is 26.1 Å². The van der Waals surface area contributed by atoms with Crippen molar-refractivity contribution in [3.8, 4) is 0 Å². The normalized spacial score (nSPS) is 11.7. The van der Waals surface area contributed by atoms with Crippen molar-refractivity contribution in [1.82, 2.24) is 24.9 Å². The third kappa shape index (κ3) is 3.86. The van der Waals surface area contributed by atoms with E-state index in [1.54, 1.807) is 4.68 Å². The molecule has 0 saturated heterocycles. The van der Waals surface area contributed by atoms with Gasteiger partial charge in [-0.25, -0.2) is 0 Å². The average molecular weight is 315 g/mol. The third-order valence-electron chi connectivity index (χ3n) is 3.03. The summed E-state index contributed by atoms with van der Waals surface area (Å²) in [6.45, 7) is 2.82. The van der Waals surface area contributed by atoms with Crippen LogP contribution in [0.4, 0.5) is 13.2 Å². The summed E-state index contributed by atoms with van der Waals surface area (Å²) in [5.74, 6) is -0.622. The van der Waals surface area contributed by atoms with Gasteiger partial charge in [-0.3, -0.25) is 14.2 Å². The molecule has 0 bridgehead atoms. The Morgan fingerprint density at radius 3 is 2.64 bits per heavy atom. The van der Waals surface area contributed by atoms with Gasteiger partial charge in [0, 0.05) is 32.4 Å². The molecule has 120 valence electrons. The highest BCUT2D eigenvalue weighted by atomic mass is 19.4. The highest BCUT2D eigenvalue weighted by Crippen LogP contribution is 2.29. The number of aryl methyl sites for hydroxylation is 3. The molecule has 1 amide bonds. The summed E-state index contributed by atoms with van der Waals surface area (Å²) in [6.07, 6.45) is -2.09. The second-order valence-electron chi connectivity index (χ2n) is 4.87. The van der Waals surface area contributed by atoms with Crippen LogP contribution in [0.25, 0.3) is 0 Å². The molecule has 2 rings (SSSR count). The van der Waals surface area contributed by atoms with Gasteiger partial charge in [-0.15, -0.1) is 0 Å². The second-order valence-corrected chi connectivity index (χ2v) is 4.87. The Morgan fingerprint density at radius 1 is 1.36 bits per heavy atom. The molecule has 2 aromatic heterocycles. The van der Waals surface area contributed by atoms with E-state index < -0.39 is 17.8 Å². The van der Waals surface area contributed by atoms with Gasteiger partial charge in [0.2, 0.25) is 0 Å². The lowest BCUT2D eigenvalue weighted by atomic mass is 10.3. The van der Waals surface area contributed by atoms with Gasteiger partial charge in [0.05, 0.1) is 5.69 Å². The summed E-state index contributed by atoms with van der Waals surface area (Å²) in [5.41, 5.74) is -0.299. The Hall–Kier alpha value is -2.32. The maximum Gasteiger partial charge on any atom is 0.433 e. The fourth-order valence-corrected chi connectivity index (χ4v) is 1.96. The first-order valence-corrected chi connectivity index (χ1v) is 6.67. The Bertz CT molecular complexity index is 659. The standard InChI is InChI=1S/C13H16F3N5O/c1-9-4-7-21(18-9)6-3-5-17-12(22)10-8-11(13(14,15)16)20(2)19-10/h4,7-8H,3,5-6H2,1-2H3,(H,17,22). The average Bonchev–Trinajstić information content (AvgIpc) is 3.00. The molecule has 0 aliphatic heterocycles. The third-order valence-corrected chi connectivity index (χ3v) is 3.03. The molecule has 9 heteroatoms. The monoisotopic (exact) mass is 315 g/mol. The van der Waals surface area contributed by atoms with Crippen molar-refractivity contribution in [3.05, 3.63) is 35.4 Å². The first-order valence-electron chi connectivity index (χ1n) is 6.67. The van der Waals surface area contributed by atoms with Gasteiger partial charge in [-0.05, 0) is 19.4 Å². The van der Waals surface area contributed by atoms with Crippen LogP contribution >= 0.6 is 0 Å². The van der Waals surface area contributed by atoms with E-state index in [9.17, 15) is 18.0 Å². The molecule has 0 aromatic carbocycles. The van der Waals surface area contributed by atoms with Gasteiger partial charge in [-0.2, -0.15) is 23.4 Å². The lowest BCUT2D eigenvalue weighted by Gasteiger charge is -2.04. The molecule has 0 radical (unpaired) electrons. The van der Waals surface area contributed by atoms with E-state index in [1.165, 1.54) is 0 Å². The predicted octanol–water partition coefficient (Wildman–Crippen LogP) is 1.76. The van der Waals surface area contributed by atoms with E-state index >= 15 is 0 Å². The zero-order chi connectivity index (χ0) is 16.3. The summed E-state index contributed by atoms with van der Waals surface area (Å²) in [7, 11) is 1.15. The molecule has 0 aliphatic rings. The first kappa shape index (κ1) is 16.1. The van der Waals surface area contributed by atoms with Crippen molar-refractivity contribution < 1.29 is 18.0 Å². The molecule has 0 atom stereocenters. The Morgan fingerprint density at radius 2 is 2.09 bits per heavy atom. The van der Waals surface area contributed by atoms with Crippen LogP contribution < -0.4 is 5.32 Å². The summed E-state index contributed by atoms with van der Waals surface area (Å²) in [4.78, 5) is 11.8. The maximum atomic E-state index is 12.6. The number of carbonyl (C=O) groups is 1. The summed E-state index contributed by atoms with van der Waals surface area (Å²) in [6, 6.07) is 2.61. The molecule has 22 heavy (non-hydrogen) atoms. The van der Waals surface area contributed by atoms with Gasteiger partial charge < -0.3 is 5.32 Å². The van der Waals surface area contributed by atoms with Crippen LogP contribution in [0.15, 0.2) is 18.3 Å². The number of nitrogens with one attached hydrogen (secondary N) is 1. The van der Waals surface area contributed by atoms with Crippen LogP contribution in [0.1, 0.15) is 28.3 Å². The van der Waals surface area contributed by atoms with E-state index in [1.807, 2.05) is 19.2 Å². The minimum Gasteiger partial charge on any atom is -0.351 e. The first-order chi connectivity index (χ1) is 10.3. The lowest BCUT2D eigenvalue weighted by molar-refractivity contribution is -0.143. The highest BCUT2D eigenvalue weighted by molar-refractivity contribution is 5.92. The number of carbonyl (C=O) groups excluding carboxylic acids is 1. The van der Waals surface area contributed by atoms with E-state index in [-0.39, 0.29) is 5.69 Å². The van der Waals surface area contributed by atoms with Crippen LogP contribution in [0, 0.1) is 6.92 Å². The molecule has 1 N–H and O–H groups in total. The summed E-state index contributed by atoms with van der Waals surface area (Å²) in [5, 5.41) is 10.3. The largest absolute Gasteiger partial charge is 0.433 e. The topological polar surface area (TPSA) is 64.7 Å². The van der Waals surface area contributed by atoms with Crippen molar-refractivity contribution in [2.75, 3.05) is 6.54 Å². The number of hydrogen-bond donors (Lipinski definition) is 1. The smallest absolute Gasteiger partial charge is 0.351 e. The lowest BCUT2D eigenvalue weighted by Crippen LogP contribution is -2.25. The molecule has 0 spiro atoms. The quantitative estimate of drug-likeness (QED) is 0.855. The Labute approximate surface area is 124 Å². The fourth-order valence-electron chi connectivity index (χ4n) is 1.96. The number of nitrogens with zero attached hydrogens (tertiary/aromatic N) is 4. The highest BCUT2D eigenvalue weighted by Gasteiger charge is 2.35. The number of hydrogen-bond acceptors (Lipinski definition) is 3. The summed E-state index contributed by atoms with van der Waals surface area (Å²) < 4.78 is 40.3. The van der Waals surface area contributed by atoms with Gasteiger partial charge in [0.1, 0.15) is 5.69 Å². The van der Waals surface area contributed by atoms with Crippen LogP contribution in [0.2, 0.25) is 0 Å². The number of amides is 1. The van der Waals surface area contributed by atoms with Crippen LogP contribution in [-0.2, 0) is 19.8 Å². The fraction of sp³-hybridized carbons (Fsp3) is 0.462. The molecule has 2 aromatic rings. The van der Waals surface area contributed by atoms with Gasteiger partial charge in [0.25, 0.3) is 5.91 Å². The van der Waals surface area contributed by atoms with Crippen LogP contribution in [0.5, 0.6) is 0 Å². The van der Waals surface area contributed by atoms with Crippen LogP contribution in [-0.4, -0.2) is 32.0 Å².